The summed E-state index contributed by atoms with van der Waals surface area (Å²) in [6.45, 7) is 0. The van der Waals surface area contributed by atoms with Crippen LogP contribution in [0, 0.1) is 0 Å². The van der Waals surface area contributed by atoms with E-state index in [1.54, 1.807) is 12.1 Å². The number of benzene rings is 2. The van der Waals surface area contributed by atoms with Gasteiger partial charge in [0.2, 0.25) is 0 Å². The topological polar surface area (TPSA) is 23.1 Å². The zero-order chi connectivity index (χ0) is 9.10. The van der Waals surface area contributed by atoms with Gasteiger partial charge in [-0.15, -0.1) is 5.75 Å². The Bertz CT molecular complexity index is 398. The van der Waals surface area contributed by atoms with Crippen LogP contribution in [0.1, 0.15) is 0 Å². The highest BCUT2D eigenvalue weighted by atomic mass is 35.5. The highest BCUT2D eigenvalue weighted by Gasteiger charge is 1.94. The van der Waals surface area contributed by atoms with Crippen LogP contribution in [0.25, 0.3) is 11.1 Å². The predicted molar refractivity (Wildman–Crippen MR) is 51.3 cm³/mol. The molecule has 0 amide bonds. The molecule has 0 unspecified atom stereocenters. The maximum atomic E-state index is 11.4. The van der Waals surface area contributed by atoms with Crippen molar-refractivity contribution in [2.75, 3.05) is 0 Å². The number of para-hydroxylation sites is 1. The summed E-state index contributed by atoms with van der Waals surface area (Å²) in [5.41, 5.74) is 1.75. The summed E-state index contributed by atoms with van der Waals surface area (Å²) in [5.74, 6) is 0.0775. The molecule has 0 aromatic heterocycles. The Morgan fingerprint density at radius 3 is 1.93 bits per heavy atom. The molecule has 2 heteroatoms. The molecule has 2 aromatic rings. The van der Waals surface area contributed by atoms with Gasteiger partial charge in [0.1, 0.15) is 0 Å². The molecule has 0 saturated heterocycles. The van der Waals surface area contributed by atoms with Crippen molar-refractivity contribution in [3.05, 3.63) is 54.6 Å². The Morgan fingerprint density at radius 2 is 1.29 bits per heavy atom. The summed E-state index contributed by atoms with van der Waals surface area (Å²) in [6.07, 6.45) is 0. The summed E-state index contributed by atoms with van der Waals surface area (Å²) < 4.78 is 0. The van der Waals surface area contributed by atoms with E-state index in [-0.39, 0.29) is 18.2 Å². The van der Waals surface area contributed by atoms with E-state index < -0.39 is 0 Å². The number of rotatable bonds is 1. The third-order valence-corrected chi connectivity index (χ3v) is 1.97. The van der Waals surface area contributed by atoms with E-state index in [9.17, 15) is 5.11 Å². The molecule has 0 bridgehead atoms. The predicted octanol–water partition coefficient (Wildman–Crippen LogP) is -0.569. The molecule has 0 aliphatic carbocycles. The van der Waals surface area contributed by atoms with Gasteiger partial charge in [-0.2, -0.15) is 0 Å². The molecule has 0 aliphatic rings. The van der Waals surface area contributed by atoms with Crippen LogP contribution < -0.4 is 17.5 Å². The van der Waals surface area contributed by atoms with Crippen molar-refractivity contribution in [3.8, 4) is 16.9 Å². The summed E-state index contributed by atoms with van der Waals surface area (Å²) in [7, 11) is 0. The van der Waals surface area contributed by atoms with Crippen LogP contribution >= 0.6 is 0 Å². The third kappa shape index (κ3) is 2.06. The normalized spacial score (nSPS) is 9.14. The second-order valence-electron chi connectivity index (χ2n) is 2.86. The lowest BCUT2D eigenvalue weighted by Gasteiger charge is -2.12. The molecule has 0 atom stereocenters. The Balaban J connectivity index is 0.000000980. The summed E-state index contributed by atoms with van der Waals surface area (Å²) in [5, 5.41) is 11.4. The van der Waals surface area contributed by atoms with Gasteiger partial charge in [0, 0.05) is 0 Å². The fourth-order valence-corrected chi connectivity index (χ4v) is 1.32. The average molecular weight is 205 g/mol. The van der Waals surface area contributed by atoms with Gasteiger partial charge in [0.15, 0.2) is 0 Å². The van der Waals surface area contributed by atoms with Crippen molar-refractivity contribution in [1.82, 2.24) is 0 Å². The van der Waals surface area contributed by atoms with E-state index in [0.29, 0.717) is 0 Å². The average Bonchev–Trinajstić information content (AvgIpc) is 2.20. The number of hydrogen-bond donors (Lipinski definition) is 0. The largest absolute Gasteiger partial charge is 1.00 e. The standard InChI is InChI=1S/C12H10O.ClH/c13-12-9-5-4-8-11(12)10-6-2-1-3-7-10;/h1-9,13H;1H/p-2. The van der Waals surface area contributed by atoms with E-state index in [4.69, 9.17) is 0 Å². The van der Waals surface area contributed by atoms with Crippen LogP contribution in [0.5, 0.6) is 5.75 Å². The van der Waals surface area contributed by atoms with Gasteiger partial charge in [0.25, 0.3) is 0 Å². The van der Waals surface area contributed by atoms with Crippen molar-refractivity contribution in [2.24, 2.45) is 0 Å². The van der Waals surface area contributed by atoms with Crippen molar-refractivity contribution in [2.45, 2.75) is 0 Å². The van der Waals surface area contributed by atoms with E-state index in [1.165, 1.54) is 0 Å². The maximum Gasteiger partial charge on any atom is -0.0190 e. The van der Waals surface area contributed by atoms with Crippen LogP contribution in [0.2, 0.25) is 0 Å². The van der Waals surface area contributed by atoms with Crippen LogP contribution in [-0.2, 0) is 0 Å². The van der Waals surface area contributed by atoms with Gasteiger partial charge in [-0.05, 0) is 11.1 Å². The van der Waals surface area contributed by atoms with E-state index >= 15 is 0 Å². The van der Waals surface area contributed by atoms with Gasteiger partial charge in [-0.25, -0.2) is 0 Å². The van der Waals surface area contributed by atoms with Gasteiger partial charge >= 0.3 is 0 Å². The van der Waals surface area contributed by atoms with Crippen LogP contribution in [0.15, 0.2) is 54.6 Å². The quantitative estimate of drug-likeness (QED) is 0.610. The Morgan fingerprint density at radius 1 is 0.714 bits per heavy atom. The second kappa shape index (κ2) is 4.68. The van der Waals surface area contributed by atoms with E-state index in [2.05, 4.69) is 0 Å². The zero-order valence-corrected chi connectivity index (χ0v) is 8.24. The minimum Gasteiger partial charge on any atom is -1.00 e. The van der Waals surface area contributed by atoms with E-state index in [0.717, 1.165) is 11.1 Å². The first-order valence-electron chi connectivity index (χ1n) is 4.19. The highest BCUT2D eigenvalue weighted by Crippen LogP contribution is 2.25. The molecule has 72 valence electrons. The van der Waals surface area contributed by atoms with Crippen molar-refractivity contribution in [3.63, 3.8) is 0 Å². The minimum atomic E-state index is 0. The first kappa shape index (κ1) is 10.6. The Kier molecular flexibility index (Phi) is 3.55. The lowest BCUT2D eigenvalue weighted by atomic mass is 10.1. The summed E-state index contributed by atoms with van der Waals surface area (Å²) in [4.78, 5) is 0. The molecule has 0 spiro atoms. The molecule has 0 N–H and O–H groups in total. The summed E-state index contributed by atoms with van der Waals surface area (Å²) >= 11 is 0. The molecule has 0 aliphatic heterocycles. The maximum absolute atomic E-state index is 11.4. The molecular weight excluding hydrogens is 196 g/mol. The fraction of sp³-hybridized carbons (Fsp3) is 0. The molecule has 0 saturated carbocycles. The van der Waals surface area contributed by atoms with Gasteiger partial charge in [-0.1, -0.05) is 54.6 Å². The number of hydrogen-bond acceptors (Lipinski definition) is 1. The monoisotopic (exact) mass is 204 g/mol. The van der Waals surface area contributed by atoms with Crippen molar-refractivity contribution < 1.29 is 17.5 Å². The van der Waals surface area contributed by atoms with Crippen molar-refractivity contribution in [1.29, 1.82) is 0 Å². The smallest absolute Gasteiger partial charge is 0.0190 e. The van der Waals surface area contributed by atoms with Crippen LogP contribution in [-0.4, -0.2) is 0 Å². The minimum absolute atomic E-state index is 0. The first-order valence-corrected chi connectivity index (χ1v) is 4.19. The second-order valence-corrected chi connectivity index (χ2v) is 2.86. The molecular formula is C12H9ClO-2. The highest BCUT2D eigenvalue weighted by molar-refractivity contribution is 5.69. The molecule has 2 rings (SSSR count). The summed E-state index contributed by atoms with van der Waals surface area (Å²) in [6, 6.07) is 16.8. The Labute approximate surface area is 89.4 Å². The molecule has 14 heavy (non-hydrogen) atoms. The van der Waals surface area contributed by atoms with Gasteiger partial charge in [-0.3, -0.25) is 0 Å². The SMILES string of the molecule is [Cl-].[O-]c1ccccc1-c1ccccc1. The molecule has 0 radical (unpaired) electrons. The van der Waals surface area contributed by atoms with Crippen LogP contribution in [0.3, 0.4) is 0 Å². The Hall–Kier alpha value is -1.47. The van der Waals surface area contributed by atoms with Gasteiger partial charge < -0.3 is 17.5 Å². The molecule has 0 heterocycles. The number of halogens is 1. The lowest BCUT2D eigenvalue weighted by Crippen LogP contribution is -3.00. The zero-order valence-electron chi connectivity index (χ0n) is 7.48. The molecule has 1 nitrogen and oxygen atoms in total. The van der Waals surface area contributed by atoms with Crippen molar-refractivity contribution >= 4 is 0 Å². The molecule has 2 aromatic carbocycles. The van der Waals surface area contributed by atoms with Gasteiger partial charge in [0.05, 0.1) is 0 Å². The first-order chi connectivity index (χ1) is 6.38. The van der Waals surface area contributed by atoms with Crippen LogP contribution in [0.4, 0.5) is 0 Å². The molecule has 0 fully saturated rings. The fourth-order valence-electron chi connectivity index (χ4n) is 1.32. The third-order valence-electron chi connectivity index (χ3n) is 1.97. The van der Waals surface area contributed by atoms with E-state index in [1.807, 2.05) is 42.5 Å². The lowest BCUT2D eigenvalue weighted by molar-refractivity contribution is -0.267.